The Bertz CT molecular complexity index is 130. The van der Waals surface area contributed by atoms with Gasteiger partial charge in [0.05, 0.1) is 7.11 Å². The number of carbonyl (C=O) groups is 1. The summed E-state index contributed by atoms with van der Waals surface area (Å²) in [4.78, 5) is 10.8. The van der Waals surface area contributed by atoms with Gasteiger partial charge in [0.25, 0.3) is 0 Å². The van der Waals surface area contributed by atoms with Crippen LogP contribution >= 0.6 is 0 Å². The quantitative estimate of drug-likeness (QED) is 0.335. The summed E-state index contributed by atoms with van der Waals surface area (Å²) in [5, 5.41) is 3.00. The minimum Gasteiger partial charge on any atom is -0.468 e. The number of carbonyl (C=O) groups excluding carboxylic acids is 1. The van der Waals surface area contributed by atoms with Gasteiger partial charge in [-0.1, -0.05) is 0 Å². The number of hydrogen-bond donors (Lipinski definition) is 3. The molecule has 0 radical (unpaired) electrons. The summed E-state index contributed by atoms with van der Waals surface area (Å²) in [5.41, 5.74) is 10.7. The van der Waals surface area contributed by atoms with E-state index in [0.29, 0.717) is 13.1 Å². The SMILES string of the molecule is COC(=O)C(N)CNCCCN. The maximum Gasteiger partial charge on any atom is 0.323 e. The van der Waals surface area contributed by atoms with Crippen molar-refractivity contribution in [1.29, 1.82) is 0 Å². The lowest BCUT2D eigenvalue weighted by Gasteiger charge is -2.09. The topological polar surface area (TPSA) is 90.4 Å². The van der Waals surface area contributed by atoms with Crippen LogP contribution in [0.2, 0.25) is 0 Å². The largest absolute Gasteiger partial charge is 0.468 e. The summed E-state index contributed by atoms with van der Waals surface area (Å²) >= 11 is 0. The molecule has 0 aliphatic carbocycles. The summed E-state index contributed by atoms with van der Waals surface area (Å²) < 4.78 is 4.44. The van der Waals surface area contributed by atoms with Crippen molar-refractivity contribution in [2.24, 2.45) is 11.5 Å². The molecule has 0 aliphatic rings. The molecule has 0 rings (SSSR count). The fourth-order valence-electron chi connectivity index (χ4n) is 0.719. The average Bonchev–Trinajstić information content (AvgIpc) is 2.10. The zero-order valence-corrected chi connectivity index (χ0v) is 7.38. The first-order valence-electron chi connectivity index (χ1n) is 3.96. The van der Waals surface area contributed by atoms with E-state index in [9.17, 15) is 4.79 Å². The smallest absolute Gasteiger partial charge is 0.323 e. The second-order valence-corrected chi connectivity index (χ2v) is 2.48. The molecule has 0 amide bonds. The van der Waals surface area contributed by atoms with Crippen LogP contribution in [0.4, 0.5) is 0 Å². The summed E-state index contributed by atoms with van der Waals surface area (Å²) in [6.45, 7) is 1.86. The van der Waals surface area contributed by atoms with Gasteiger partial charge in [-0.25, -0.2) is 0 Å². The third-order valence-corrected chi connectivity index (χ3v) is 1.43. The first-order chi connectivity index (χ1) is 5.72. The molecule has 0 aromatic carbocycles. The first-order valence-corrected chi connectivity index (χ1v) is 3.96. The van der Waals surface area contributed by atoms with Gasteiger partial charge in [-0.2, -0.15) is 0 Å². The van der Waals surface area contributed by atoms with Gasteiger partial charge in [-0.05, 0) is 19.5 Å². The van der Waals surface area contributed by atoms with Crippen LogP contribution in [0.5, 0.6) is 0 Å². The van der Waals surface area contributed by atoms with Crippen molar-refractivity contribution < 1.29 is 9.53 Å². The molecule has 12 heavy (non-hydrogen) atoms. The van der Waals surface area contributed by atoms with E-state index < -0.39 is 12.0 Å². The lowest BCUT2D eigenvalue weighted by atomic mass is 10.3. The van der Waals surface area contributed by atoms with Gasteiger partial charge in [0.1, 0.15) is 6.04 Å². The highest BCUT2D eigenvalue weighted by molar-refractivity contribution is 5.75. The Morgan fingerprint density at radius 1 is 1.67 bits per heavy atom. The number of rotatable bonds is 6. The Labute approximate surface area is 72.4 Å². The Balaban J connectivity index is 3.31. The van der Waals surface area contributed by atoms with Crippen molar-refractivity contribution in [1.82, 2.24) is 5.32 Å². The van der Waals surface area contributed by atoms with Gasteiger partial charge in [0, 0.05) is 6.54 Å². The lowest BCUT2D eigenvalue weighted by Crippen LogP contribution is -2.41. The molecule has 1 atom stereocenters. The summed E-state index contributed by atoms with van der Waals surface area (Å²) in [6.07, 6.45) is 0.883. The molecule has 0 aromatic rings. The monoisotopic (exact) mass is 175 g/mol. The molecule has 5 heteroatoms. The number of methoxy groups -OCH3 is 1. The van der Waals surface area contributed by atoms with Crippen LogP contribution in [0.25, 0.3) is 0 Å². The highest BCUT2D eigenvalue weighted by Gasteiger charge is 2.11. The van der Waals surface area contributed by atoms with Crippen LogP contribution in [-0.2, 0) is 9.53 Å². The molecular weight excluding hydrogens is 158 g/mol. The van der Waals surface area contributed by atoms with Crippen molar-refractivity contribution in [2.75, 3.05) is 26.7 Å². The molecule has 1 unspecified atom stereocenters. The van der Waals surface area contributed by atoms with E-state index in [1.807, 2.05) is 0 Å². The van der Waals surface area contributed by atoms with Gasteiger partial charge in [0.2, 0.25) is 0 Å². The molecule has 5 N–H and O–H groups in total. The van der Waals surface area contributed by atoms with Crippen LogP contribution in [0.1, 0.15) is 6.42 Å². The molecule has 72 valence electrons. The lowest BCUT2D eigenvalue weighted by molar-refractivity contribution is -0.142. The summed E-state index contributed by atoms with van der Waals surface area (Å²) in [7, 11) is 1.32. The average molecular weight is 175 g/mol. The zero-order valence-electron chi connectivity index (χ0n) is 7.38. The molecule has 0 saturated heterocycles. The molecule has 0 aromatic heterocycles. The van der Waals surface area contributed by atoms with E-state index in [1.165, 1.54) is 7.11 Å². The van der Waals surface area contributed by atoms with Gasteiger partial charge in [-0.15, -0.1) is 0 Å². The highest BCUT2D eigenvalue weighted by atomic mass is 16.5. The summed E-state index contributed by atoms with van der Waals surface area (Å²) in [6, 6.07) is -0.576. The maximum absolute atomic E-state index is 10.8. The van der Waals surface area contributed by atoms with E-state index in [2.05, 4.69) is 10.1 Å². The summed E-state index contributed by atoms with van der Waals surface area (Å²) in [5.74, 6) is -0.393. The molecule has 0 fully saturated rings. The second kappa shape index (κ2) is 7.02. The number of nitrogens with one attached hydrogen (secondary N) is 1. The van der Waals surface area contributed by atoms with Crippen molar-refractivity contribution in [2.45, 2.75) is 12.5 Å². The molecule has 5 nitrogen and oxygen atoms in total. The van der Waals surface area contributed by atoms with Crippen LogP contribution < -0.4 is 16.8 Å². The highest BCUT2D eigenvalue weighted by Crippen LogP contribution is 1.81. The number of nitrogens with two attached hydrogens (primary N) is 2. The number of hydrogen-bond acceptors (Lipinski definition) is 5. The number of ether oxygens (including phenoxy) is 1. The van der Waals surface area contributed by atoms with E-state index in [1.54, 1.807) is 0 Å². The van der Waals surface area contributed by atoms with Crippen LogP contribution in [0.3, 0.4) is 0 Å². The van der Waals surface area contributed by atoms with E-state index in [-0.39, 0.29) is 0 Å². The van der Waals surface area contributed by atoms with Gasteiger partial charge in [-0.3, -0.25) is 4.79 Å². The molecule has 0 bridgehead atoms. The maximum atomic E-state index is 10.8. The van der Waals surface area contributed by atoms with E-state index in [0.717, 1.165) is 13.0 Å². The predicted molar refractivity (Wildman–Crippen MR) is 46.5 cm³/mol. The fraction of sp³-hybridized carbons (Fsp3) is 0.857. The molecule has 0 spiro atoms. The van der Waals surface area contributed by atoms with E-state index in [4.69, 9.17) is 11.5 Å². The van der Waals surface area contributed by atoms with Gasteiger partial charge in [0.15, 0.2) is 0 Å². The Morgan fingerprint density at radius 2 is 2.33 bits per heavy atom. The normalized spacial score (nSPS) is 12.6. The van der Waals surface area contributed by atoms with Crippen molar-refractivity contribution in [3.63, 3.8) is 0 Å². The standard InChI is InChI=1S/C7H17N3O2/c1-12-7(11)6(9)5-10-4-2-3-8/h6,10H,2-5,8-9H2,1H3. The van der Waals surface area contributed by atoms with Crippen molar-refractivity contribution >= 4 is 5.97 Å². The molecule has 0 aliphatic heterocycles. The van der Waals surface area contributed by atoms with E-state index >= 15 is 0 Å². The molecule has 0 heterocycles. The fourth-order valence-corrected chi connectivity index (χ4v) is 0.719. The minimum absolute atomic E-state index is 0.393. The Kier molecular flexibility index (Phi) is 6.64. The van der Waals surface area contributed by atoms with Crippen molar-refractivity contribution in [3.8, 4) is 0 Å². The van der Waals surface area contributed by atoms with Crippen LogP contribution in [0, 0.1) is 0 Å². The van der Waals surface area contributed by atoms with Gasteiger partial charge >= 0.3 is 5.97 Å². The minimum atomic E-state index is -0.576. The second-order valence-electron chi connectivity index (χ2n) is 2.48. The predicted octanol–water partition coefficient (Wildman–Crippen LogP) is -1.57. The van der Waals surface area contributed by atoms with Crippen LogP contribution in [-0.4, -0.2) is 38.8 Å². The van der Waals surface area contributed by atoms with Crippen molar-refractivity contribution in [3.05, 3.63) is 0 Å². The number of esters is 1. The van der Waals surface area contributed by atoms with Gasteiger partial charge < -0.3 is 21.5 Å². The molecule has 0 saturated carbocycles. The van der Waals surface area contributed by atoms with Crippen LogP contribution in [0.15, 0.2) is 0 Å². The first kappa shape index (κ1) is 11.4. The molecular formula is C7H17N3O2. The zero-order chi connectivity index (χ0) is 9.40. The third kappa shape index (κ3) is 5.06. The third-order valence-electron chi connectivity index (χ3n) is 1.43. The Hall–Kier alpha value is -0.650. The Morgan fingerprint density at radius 3 is 2.83 bits per heavy atom.